The molecule has 0 amide bonds. The van der Waals surface area contributed by atoms with Crippen molar-refractivity contribution in [3.05, 3.63) is 59.0 Å². The van der Waals surface area contributed by atoms with E-state index in [1.165, 1.54) is 18.3 Å². The van der Waals surface area contributed by atoms with Crippen LogP contribution >= 0.6 is 11.6 Å². The van der Waals surface area contributed by atoms with Crippen LogP contribution in [0.4, 0.5) is 35.1 Å². The fourth-order valence-corrected chi connectivity index (χ4v) is 5.40. The van der Waals surface area contributed by atoms with Gasteiger partial charge in [-0.15, -0.1) is 0 Å². The van der Waals surface area contributed by atoms with E-state index in [1.807, 2.05) is 6.07 Å². The van der Waals surface area contributed by atoms with Gasteiger partial charge in [-0.1, -0.05) is 18.5 Å². The van der Waals surface area contributed by atoms with Crippen molar-refractivity contribution in [2.24, 2.45) is 0 Å². The summed E-state index contributed by atoms with van der Waals surface area (Å²) in [5.74, 6) is 0.734. The molecule has 38 heavy (non-hydrogen) atoms. The Labute approximate surface area is 224 Å². The number of hydrogen-bond acceptors (Lipinski definition) is 6. The largest absolute Gasteiger partial charge is 0.419 e. The van der Waals surface area contributed by atoms with Crippen LogP contribution in [0.25, 0.3) is 11.3 Å². The van der Waals surface area contributed by atoms with Gasteiger partial charge in [-0.3, -0.25) is 0 Å². The summed E-state index contributed by atoms with van der Waals surface area (Å²) in [5, 5.41) is 0.0121. The molecule has 1 atom stereocenters. The first kappa shape index (κ1) is 26.5. The van der Waals surface area contributed by atoms with Gasteiger partial charge in [0.25, 0.3) is 0 Å². The first-order valence-corrected chi connectivity index (χ1v) is 13.3. The molecule has 2 aliphatic rings. The molecule has 0 N–H and O–H groups in total. The predicted molar refractivity (Wildman–Crippen MR) is 141 cm³/mol. The smallest absolute Gasteiger partial charge is 0.353 e. The van der Waals surface area contributed by atoms with E-state index in [4.69, 9.17) is 21.6 Å². The fraction of sp³-hybridized carbons (Fsp3) is 0.444. The average Bonchev–Trinajstić information content (AvgIpc) is 2.94. The minimum atomic E-state index is -4.47. The molecule has 1 aromatic carbocycles. The van der Waals surface area contributed by atoms with Crippen molar-refractivity contribution < 1.29 is 17.6 Å². The number of aromatic nitrogens is 3. The highest BCUT2D eigenvalue weighted by Gasteiger charge is 2.36. The van der Waals surface area contributed by atoms with Crippen LogP contribution in [0.15, 0.2) is 42.6 Å². The van der Waals surface area contributed by atoms with Crippen molar-refractivity contribution in [1.82, 2.24) is 15.0 Å². The molecule has 202 valence electrons. The Hall–Kier alpha value is -3.14. The third-order valence-corrected chi connectivity index (χ3v) is 7.56. The van der Waals surface area contributed by atoms with Gasteiger partial charge in [0.1, 0.15) is 17.5 Å². The minimum Gasteiger partial charge on any atom is -0.353 e. The Morgan fingerprint density at radius 2 is 1.74 bits per heavy atom. The first-order chi connectivity index (χ1) is 18.2. The molecule has 6 nitrogen and oxygen atoms in total. The van der Waals surface area contributed by atoms with Gasteiger partial charge in [0.05, 0.1) is 16.3 Å². The summed E-state index contributed by atoms with van der Waals surface area (Å²) in [6.45, 7) is 4.64. The van der Waals surface area contributed by atoms with Crippen molar-refractivity contribution >= 4 is 29.2 Å². The van der Waals surface area contributed by atoms with Crippen LogP contribution in [0.1, 0.15) is 38.2 Å². The maximum absolute atomic E-state index is 13.9. The van der Waals surface area contributed by atoms with Crippen LogP contribution in [0.2, 0.25) is 5.02 Å². The third kappa shape index (κ3) is 5.50. The molecule has 0 radical (unpaired) electrons. The van der Waals surface area contributed by atoms with Gasteiger partial charge in [0, 0.05) is 56.6 Å². The van der Waals surface area contributed by atoms with Crippen molar-refractivity contribution in [3.63, 3.8) is 0 Å². The van der Waals surface area contributed by atoms with Crippen LogP contribution in [0.5, 0.6) is 0 Å². The fourth-order valence-electron chi connectivity index (χ4n) is 5.22. The van der Waals surface area contributed by atoms with Crippen molar-refractivity contribution in [1.29, 1.82) is 0 Å². The second-order valence-electron chi connectivity index (χ2n) is 9.64. The second-order valence-corrected chi connectivity index (χ2v) is 10.0. The quantitative estimate of drug-likeness (QED) is 0.342. The Kier molecular flexibility index (Phi) is 7.61. The van der Waals surface area contributed by atoms with Gasteiger partial charge < -0.3 is 14.7 Å². The summed E-state index contributed by atoms with van der Waals surface area (Å²) in [6.07, 6.45) is 1.15. The van der Waals surface area contributed by atoms with E-state index < -0.39 is 17.6 Å². The maximum Gasteiger partial charge on any atom is 0.419 e. The summed E-state index contributed by atoms with van der Waals surface area (Å²) in [7, 11) is 0. The Bertz CT molecular complexity index is 1280. The van der Waals surface area contributed by atoms with E-state index in [2.05, 4.69) is 21.7 Å². The molecule has 2 aliphatic heterocycles. The van der Waals surface area contributed by atoms with E-state index in [1.54, 1.807) is 17.0 Å². The van der Waals surface area contributed by atoms with Gasteiger partial charge in [0.15, 0.2) is 0 Å². The summed E-state index contributed by atoms with van der Waals surface area (Å²) in [6, 6.07) is 9.05. The van der Waals surface area contributed by atoms with Crippen molar-refractivity contribution in [3.8, 4) is 11.3 Å². The SMILES string of the molecule is CCC1CCCCN1c1nc(-c2ccc(F)c(Cl)c2)cc(N2CCN(c3ncccc3C(F)(F)F)CC2)n1. The Morgan fingerprint density at radius 3 is 2.45 bits per heavy atom. The molecule has 5 rings (SSSR count). The molecule has 3 aromatic rings. The monoisotopic (exact) mass is 548 g/mol. The van der Waals surface area contributed by atoms with Crippen LogP contribution in [-0.2, 0) is 6.18 Å². The number of anilines is 3. The lowest BCUT2D eigenvalue weighted by molar-refractivity contribution is -0.137. The molecule has 2 saturated heterocycles. The van der Waals surface area contributed by atoms with Crippen LogP contribution < -0.4 is 14.7 Å². The molecule has 0 aliphatic carbocycles. The normalized spacial score (nSPS) is 18.7. The van der Waals surface area contributed by atoms with Gasteiger partial charge in [-0.25, -0.2) is 14.4 Å². The molecular formula is C27H29ClF4N6. The van der Waals surface area contributed by atoms with Crippen LogP contribution in [0.3, 0.4) is 0 Å². The minimum absolute atomic E-state index is 0.0121. The summed E-state index contributed by atoms with van der Waals surface area (Å²) >= 11 is 6.07. The lowest BCUT2D eigenvalue weighted by atomic mass is 10.0. The second kappa shape index (κ2) is 10.9. The Morgan fingerprint density at radius 1 is 0.974 bits per heavy atom. The van der Waals surface area contributed by atoms with E-state index in [9.17, 15) is 17.6 Å². The average molecular weight is 549 g/mol. The molecule has 1 unspecified atom stereocenters. The molecule has 11 heteroatoms. The highest BCUT2D eigenvalue weighted by atomic mass is 35.5. The number of alkyl halides is 3. The van der Waals surface area contributed by atoms with Crippen LogP contribution in [0, 0.1) is 5.82 Å². The number of nitrogens with zero attached hydrogens (tertiary/aromatic N) is 6. The standard InChI is InChI=1S/C27H29ClF4N6/c1-2-19-6-3-4-11-38(19)26-34-23(18-8-9-22(29)21(28)16-18)17-24(35-26)36-12-14-37(15-13-36)25-20(27(30,31)32)7-5-10-33-25/h5,7-10,16-17,19H,2-4,6,11-15H2,1H3. The van der Waals surface area contributed by atoms with Crippen molar-refractivity contribution in [2.45, 2.75) is 44.8 Å². The zero-order valence-corrected chi connectivity index (χ0v) is 21.8. The van der Waals surface area contributed by atoms with Crippen molar-refractivity contribution in [2.75, 3.05) is 47.4 Å². The summed E-state index contributed by atoms with van der Waals surface area (Å²) in [5.41, 5.74) is 0.566. The molecular weight excluding hydrogens is 520 g/mol. The van der Waals surface area contributed by atoms with Gasteiger partial charge >= 0.3 is 6.18 Å². The maximum atomic E-state index is 13.9. The zero-order chi connectivity index (χ0) is 26.9. The van der Waals surface area contributed by atoms with E-state index in [0.717, 1.165) is 38.3 Å². The lowest BCUT2D eigenvalue weighted by Crippen LogP contribution is -2.48. The summed E-state index contributed by atoms with van der Waals surface area (Å²) < 4.78 is 54.5. The molecule has 2 aromatic heterocycles. The number of rotatable bonds is 5. The number of piperidine rings is 1. The van der Waals surface area contributed by atoms with Gasteiger partial charge in [-0.2, -0.15) is 18.2 Å². The lowest BCUT2D eigenvalue weighted by Gasteiger charge is -2.38. The Balaban J connectivity index is 1.45. The van der Waals surface area contributed by atoms with E-state index >= 15 is 0 Å². The number of pyridine rings is 1. The zero-order valence-electron chi connectivity index (χ0n) is 21.1. The molecule has 4 heterocycles. The number of halogens is 5. The number of hydrogen-bond donors (Lipinski definition) is 0. The highest BCUT2D eigenvalue weighted by Crippen LogP contribution is 2.36. The van der Waals surface area contributed by atoms with E-state index in [-0.39, 0.29) is 10.8 Å². The molecule has 0 spiro atoms. The topological polar surface area (TPSA) is 48.4 Å². The highest BCUT2D eigenvalue weighted by molar-refractivity contribution is 6.31. The number of benzene rings is 1. The molecule has 0 saturated carbocycles. The van der Waals surface area contributed by atoms with Gasteiger partial charge in [-0.05, 0) is 56.0 Å². The molecule has 2 fully saturated rings. The first-order valence-electron chi connectivity index (χ1n) is 12.9. The van der Waals surface area contributed by atoms with E-state index in [0.29, 0.717) is 55.2 Å². The van der Waals surface area contributed by atoms with Crippen LogP contribution in [-0.4, -0.2) is 53.7 Å². The van der Waals surface area contributed by atoms with Gasteiger partial charge in [0.2, 0.25) is 5.95 Å². The predicted octanol–water partition coefficient (Wildman–Crippen LogP) is 6.45. The number of piperazine rings is 1. The third-order valence-electron chi connectivity index (χ3n) is 7.27. The molecule has 0 bridgehead atoms. The summed E-state index contributed by atoms with van der Waals surface area (Å²) in [4.78, 5) is 19.8.